The molecule has 7 aliphatic rings. The van der Waals surface area contributed by atoms with E-state index in [2.05, 4.69) is 87.3 Å². The van der Waals surface area contributed by atoms with Crippen LogP contribution in [0.15, 0.2) is 30.4 Å². The van der Waals surface area contributed by atoms with Gasteiger partial charge in [0, 0.05) is 37.3 Å². The molecule has 0 aromatic heterocycles. The van der Waals surface area contributed by atoms with Gasteiger partial charge in [-0.3, -0.25) is 30.5 Å². The summed E-state index contributed by atoms with van der Waals surface area (Å²) in [6, 6.07) is 6.73. The van der Waals surface area contributed by atoms with Gasteiger partial charge < -0.3 is 19.9 Å². The largest absolute Gasteiger partial charge is 0.365 e. The molecule has 6 heterocycles. The second-order valence-electron chi connectivity index (χ2n) is 14.7. The summed E-state index contributed by atoms with van der Waals surface area (Å²) in [5.41, 5.74) is 4.12. The number of likely N-dealkylation sites (N-methyl/N-ethyl adjacent to an activating group) is 1. The number of ether oxygens (including phenoxy) is 1. The summed E-state index contributed by atoms with van der Waals surface area (Å²) in [7, 11) is 2.19. The van der Waals surface area contributed by atoms with E-state index < -0.39 is 0 Å². The molecule has 0 radical (unpaired) electrons. The second kappa shape index (κ2) is 10.3. The van der Waals surface area contributed by atoms with Crippen molar-refractivity contribution in [3.05, 3.63) is 41.5 Å². The third-order valence-corrected chi connectivity index (χ3v) is 10.9. The van der Waals surface area contributed by atoms with Gasteiger partial charge in [0.05, 0.1) is 30.9 Å². The first kappa shape index (κ1) is 28.0. The van der Waals surface area contributed by atoms with Crippen LogP contribution in [0.3, 0.4) is 0 Å². The molecule has 1 saturated carbocycles. The van der Waals surface area contributed by atoms with Crippen molar-refractivity contribution < 1.29 is 14.3 Å². The van der Waals surface area contributed by atoms with E-state index in [1.807, 2.05) is 5.01 Å². The molecule has 6 atom stereocenters. The van der Waals surface area contributed by atoms with E-state index in [1.54, 1.807) is 0 Å². The van der Waals surface area contributed by atoms with Gasteiger partial charge in [0.25, 0.3) is 0 Å². The Morgan fingerprint density at radius 1 is 1.05 bits per heavy atom. The summed E-state index contributed by atoms with van der Waals surface area (Å²) in [5, 5.41) is 19.0. The number of hydrazine groups is 1. The zero-order valence-electron chi connectivity index (χ0n) is 25.6. The third-order valence-electron chi connectivity index (χ3n) is 10.9. The summed E-state index contributed by atoms with van der Waals surface area (Å²) in [6.07, 6.45) is 8.65. The van der Waals surface area contributed by atoms with Crippen LogP contribution in [0, 0.1) is 11.3 Å². The number of carbonyl (C=O) groups excluding carboxylic acids is 2. The monoisotopic (exact) mass is 590 g/mol. The van der Waals surface area contributed by atoms with E-state index in [0.29, 0.717) is 13.1 Å². The molecule has 1 aliphatic carbocycles. The maximum atomic E-state index is 13.9. The fraction of sp³-hybridized carbons (Fsp3) is 0.688. The Balaban J connectivity index is 1.05. The molecule has 232 valence electrons. The van der Waals surface area contributed by atoms with E-state index in [4.69, 9.17) is 4.74 Å². The van der Waals surface area contributed by atoms with Crippen molar-refractivity contribution in [3.8, 4) is 0 Å². The molecule has 43 heavy (non-hydrogen) atoms. The first-order chi connectivity index (χ1) is 20.7. The first-order valence-corrected chi connectivity index (χ1v) is 16.2. The summed E-state index contributed by atoms with van der Waals surface area (Å²) < 4.78 is 6.04. The number of carbonyl (C=O) groups is 2. The zero-order valence-corrected chi connectivity index (χ0v) is 25.6. The Labute approximate surface area is 254 Å². The fourth-order valence-electron chi connectivity index (χ4n) is 8.64. The van der Waals surface area contributed by atoms with Crippen LogP contribution in [0.2, 0.25) is 0 Å². The Morgan fingerprint density at radius 3 is 2.74 bits per heavy atom. The van der Waals surface area contributed by atoms with Crippen LogP contribution >= 0.6 is 0 Å². The molecule has 6 aliphatic heterocycles. The molecule has 5 fully saturated rings. The molecule has 11 heteroatoms. The van der Waals surface area contributed by atoms with Gasteiger partial charge in [-0.15, -0.1) is 0 Å². The highest BCUT2D eigenvalue weighted by molar-refractivity contribution is 5.82. The van der Waals surface area contributed by atoms with Gasteiger partial charge in [0.2, 0.25) is 11.8 Å². The van der Waals surface area contributed by atoms with Crippen molar-refractivity contribution >= 4 is 17.5 Å². The lowest BCUT2D eigenvalue weighted by atomic mass is 9.78. The lowest BCUT2D eigenvalue weighted by Crippen LogP contribution is -2.72. The molecular formula is C32H46N8O3. The van der Waals surface area contributed by atoms with Gasteiger partial charge in [-0.1, -0.05) is 32.1 Å². The van der Waals surface area contributed by atoms with Gasteiger partial charge in [-0.25, -0.2) is 0 Å². The number of hydrogen-bond donors (Lipinski definition) is 4. The number of nitrogens with zero attached hydrogens (tertiary/aromatic N) is 4. The number of benzene rings is 1. The number of rotatable bonds is 2. The Morgan fingerprint density at radius 2 is 1.91 bits per heavy atom. The molecule has 1 spiro atoms. The van der Waals surface area contributed by atoms with E-state index in [-0.39, 0.29) is 66.1 Å². The number of hydrogen-bond acceptors (Lipinski definition) is 9. The smallest absolute Gasteiger partial charge is 0.249 e. The van der Waals surface area contributed by atoms with E-state index in [0.717, 1.165) is 57.4 Å². The number of nitrogens with one attached hydrogen (secondary N) is 4. The molecule has 4 N–H and O–H groups in total. The minimum absolute atomic E-state index is 0.0192. The molecular weight excluding hydrogens is 544 g/mol. The second-order valence-corrected chi connectivity index (χ2v) is 14.7. The lowest BCUT2D eigenvalue weighted by Gasteiger charge is -2.51. The molecule has 1 aromatic carbocycles. The summed E-state index contributed by atoms with van der Waals surface area (Å²) >= 11 is 0. The van der Waals surface area contributed by atoms with E-state index in [1.165, 1.54) is 11.1 Å². The van der Waals surface area contributed by atoms with Gasteiger partial charge in [-0.2, -0.15) is 5.01 Å². The predicted octanol–water partition coefficient (Wildman–Crippen LogP) is 1.30. The van der Waals surface area contributed by atoms with Crippen LogP contribution in [-0.4, -0.2) is 102 Å². The van der Waals surface area contributed by atoms with E-state index in [9.17, 15) is 9.59 Å². The maximum absolute atomic E-state index is 13.9. The van der Waals surface area contributed by atoms with Crippen molar-refractivity contribution in [2.45, 2.75) is 88.8 Å². The quantitative estimate of drug-likeness (QED) is 0.380. The van der Waals surface area contributed by atoms with Gasteiger partial charge in [0.15, 0.2) is 0 Å². The highest BCUT2D eigenvalue weighted by Gasteiger charge is 2.55. The normalized spacial score (nSPS) is 37.6. The number of amides is 2. The van der Waals surface area contributed by atoms with Crippen LogP contribution in [0.4, 0.5) is 5.69 Å². The van der Waals surface area contributed by atoms with Crippen molar-refractivity contribution in [1.82, 2.24) is 35.8 Å². The number of piperidine rings is 1. The molecule has 8 rings (SSSR count). The predicted molar refractivity (Wildman–Crippen MR) is 162 cm³/mol. The standard InChI is InChI=1S/C32H46N8O3/c1-31(2)18-37(3)16-20-14-21(6-7-23(20)31)34-30-33-15-22-27(36-30)40-25-9-8-24-28(35-25)38(26(41)17-43-24)19-32(11-12-32)10-4-5-13-39(40)29(22)42/h4-7,14,22,24-25,27-28,30,33-36H,8-13,15-19H2,1-3H3/b5-4-. The molecule has 4 saturated heterocycles. The number of morpholine rings is 1. The minimum atomic E-state index is -0.204. The molecule has 2 amide bonds. The highest BCUT2D eigenvalue weighted by Crippen LogP contribution is 2.50. The SMILES string of the molecule is CN1Cc2cc(NC3NCC4C(=O)N5C/C=C\CC6(CC6)CN6C(=O)COC7CCC(NC76)N5C4N3)ccc2C(C)(C)C1. The Bertz CT molecular complexity index is 1330. The van der Waals surface area contributed by atoms with Gasteiger partial charge >= 0.3 is 0 Å². The summed E-state index contributed by atoms with van der Waals surface area (Å²) in [4.78, 5) is 31.5. The molecule has 11 nitrogen and oxygen atoms in total. The minimum Gasteiger partial charge on any atom is -0.365 e. The van der Waals surface area contributed by atoms with Crippen LogP contribution in [0.1, 0.15) is 57.1 Å². The summed E-state index contributed by atoms with van der Waals surface area (Å²) in [6.45, 7) is 8.69. The van der Waals surface area contributed by atoms with Crippen molar-refractivity contribution in [1.29, 1.82) is 0 Å². The van der Waals surface area contributed by atoms with Crippen LogP contribution in [0.25, 0.3) is 0 Å². The average Bonchev–Trinajstić information content (AvgIpc) is 3.68. The van der Waals surface area contributed by atoms with Crippen LogP contribution in [0.5, 0.6) is 0 Å². The maximum Gasteiger partial charge on any atom is 0.249 e. The van der Waals surface area contributed by atoms with Crippen molar-refractivity contribution in [2.24, 2.45) is 11.3 Å². The average molecular weight is 591 g/mol. The van der Waals surface area contributed by atoms with Crippen LogP contribution < -0.4 is 21.3 Å². The number of allylic oxidation sites excluding steroid dienone is 1. The molecule has 1 aromatic rings. The van der Waals surface area contributed by atoms with Gasteiger partial charge in [-0.05, 0) is 67.8 Å². The Hall–Kier alpha value is -2.54. The fourth-order valence-corrected chi connectivity index (χ4v) is 8.64. The zero-order chi connectivity index (χ0) is 29.5. The molecule has 2 bridgehead atoms. The number of anilines is 1. The van der Waals surface area contributed by atoms with Gasteiger partial charge in [0.1, 0.15) is 19.1 Å². The van der Waals surface area contributed by atoms with E-state index >= 15 is 0 Å². The Kier molecular flexibility index (Phi) is 6.67. The highest BCUT2D eigenvalue weighted by atomic mass is 16.5. The van der Waals surface area contributed by atoms with Crippen molar-refractivity contribution in [2.75, 3.05) is 45.2 Å². The lowest BCUT2D eigenvalue weighted by molar-refractivity contribution is -0.178. The topological polar surface area (TPSA) is 104 Å². The molecule has 6 unspecified atom stereocenters. The number of fused-ring (bicyclic) bond motifs is 6. The van der Waals surface area contributed by atoms with Crippen LogP contribution in [-0.2, 0) is 26.3 Å². The third kappa shape index (κ3) is 4.89. The first-order valence-electron chi connectivity index (χ1n) is 16.2. The van der Waals surface area contributed by atoms with Crippen molar-refractivity contribution in [3.63, 3.8) is 0 Å². The summed E-state index contributed by atoms with van der Waals surface area (Å²) in [5.74, 6) is 0.00382.